The van der Waals surface area contributed by atoms with Crippen LogP contribution >= 0.6 is 0 Å². The smallest absolute Gasteiger partial charge is 0.234 e. The Hall–Kier alpha value is -2.13. The zero-order chi connectivity index (χ0) is 13.7. The maximum atomic E-state index is 11.4. The molecule has 0 aliphatic rings. The third-order valence-corrected chi connectivity index (χ3v) is 3.29. The predicted molar refractivity (Wildman–Crippen MR) is 76.5 cm³/mol. The third-order valence-electron chi connectivity index (χ3n) is 3.29. The van der Waals surface area contributed by atoms with E-state index in [9.17, 15) is 4.79 Å². The van der Waals surface area contributed by atoms with Gasteiger partial charge in [-0.05, 0) is 17.5 Å². The second kappa shape index (κ2) is 6.16. The summed E-state index contributed by atoms with van der Waals surface area (Å²) in [6.45, 7) is 0. The van der Waals surface area contributed by atoms with Crippen LogP contribution in [-0.2, 0) is 11.2 Å². The second-order valence-corrected chi connectivity index (χ2v) is 4.64. The Morgan fingerprint density at radius 3 is 2.00 bits per heavy atom. The van der Waals surface area contributed by atoms with Gasteiger partial charge < -0.3 is 11.5 Å². The molecule has 0 spiro atoms. The van der Waals surface area contributed by atoms with Crippen molar-refractivity contribution < 1.29 is 4.79 Å². The van der Waals surface area contributed by atoms with E-state index in [1.165, 1.54) is 0 Å². The number of carbonyl (C=O) groups is 1. The highest BCUT2D eigenvalue weighted by Crippen LogP contribution is 2.23. The minimum Gasteiger partial charge on any atom is -0.368 e. The normalized spacial score (nSPS) is 13.7. The van der Waals surface area contributed by atoms with Gasteiger partial charge in [0.15, 0.2) is 0 Å². The van der Waals surface area contributed by atoms with E-state index in [2.05, 4.69) is 0 Å². The zero-order valence-electron chi connectivity index (χ0n) is 10.7. The van der Waals surface area contributed by atoms with Gasteiger partial charge >= 0.3 is 0 Å². The van der Waals surface area contributed by atoms with Crippen LogP contribution in [0.1, 0.15) is 17.0 Å². The standard InChI is InChI=1S/C16H18N2O/c17-15(16(18)19)14(13-9-5-2-6-10-13)11-12-7-3-1-4-8-12/h1-10,14-15H,11,17H2,(H2,18,19). The van der Waals surface area contributed by atoms with Gasteiger partial charge in [-0.1, -0.05) is 60.7 Å². The Morgan fingerprint density at radius 2 is 1.47 bits per heavy atom. The van der Waals surface area contributed by atoms with Crippen molar-refractivity contribution >= 4 is 5.91 Å². The molecule has 2 rings (SSSR count). The Balaban J connectivity index is 2.27. The molecule has 0 bridgehead atoms. The van der Waals surface area contributed by atoms with Crippen molar-refractivity contribution in [3.8, 4) is 0 Å². The zero-order valence-corrected chi connectivity index (χ0v) is 10.7. The summed E-state index contributed by atoms with van der Waals surface area (Å²) < 4.78 is 0. The highest BCUT2D eigenvalue weighted by Gasteiger charge is 2.24. The highest BCUT2D eigenvalue weighted by atomic mass is 16.1. The number of hydrogen-bond acceptors (Lipinski definition) is 2. The number of hydrogen-bond donors (Lipinski definition) is 2. The fraction of sp³-hybridized carbons (Fsp3) is 0.188. The van der Waals surface area contributed by atoms with E-state index in [-0.39, 0.29) is 5.92 Å². The summed E-state index contributed by atoms with van der Waals surface area (Å²) in [5.74, 6) is -0.564. The lowest BCUT2D eigenvalue weighted by Gasteiger charge is -2.22. The first-order chi connectivity index (χ1) is 9.18. The number of primary amides is 1. The maximum Gasteiger partial charge on any atom is 0.234 e. The van der Waals surface area contributed by atoms with Gasteiger partial charge in [0.2, 0.25) is 5.91 Å². The minimum absolute atomic E-state index is 0.0962. The molecule has 0 radical (unpaired) electrons. The Labute approximate surface area is 113 Å². The van der Waals surface area contributed by atoms with Gasteiger partial charge in [0, 0.05) is 5.92 Å². The van der Waals surface area contributed by atoms with Gasteiger partial charge in [-0.15, -0.1) is 0 Å². The number of benzene rings is 2. The van der Waals surface area contributed by atoms with E-state index < -0.39 is 11.9 Å². The monoisotopic (exact) mass is 254 g/mol. The molecule has 0 fully saturated rings. The van der Waals surface area contributed by atoms with E-state index in [0.717, 1.165) is 11.1 Å². The molecule has 0 saturated heterocycles. The van der Waals surface area contributed by atoms with E-state index in [1.807, 2.05) is 60.7 Å². The van der Waals surface area contributed by atoms with Crippen LogP contribution in [-0.4, -0.2) is 11.9 Å². The van der Waals surface area contributed by atoms with Crippen molar-refractivity contribution in [1.29, 1.82) is 0 Å². The minimum atomic E-state index is -0.678. The van der Waals surface area contributed by atoms with Gasteiger partial charge in [-0.25, -0.2) is 0 Å². The van der Waals surface area contributed by atoms with Crippen LogP contribution in [0, 0.1) is 0 Å². The van der Waals surface area contributed by atoms with Crippen molar-refractivity contribution in [1.82, 2.24) is 0 Å². The van der Waals surface area contributed by atoms with Gasteiger partial charge in [0.25, 0.3) is 0 Å². The van der Waals surface area contributed by atoms with Crippen molar-refractivity contribution in [2.24, 2.45) is 11.5 Å². The second-order valence-electron chi connectivity index (χ2n) is 4.64. The lowest BCUT2D eigenvalue weighted by atomic mass is 9.86. The number of carbonyl (C=O) groups excluding carboxylic acids is 1. The lowest BCUT2D eigenvalue weighted by molar-refractivity contribution is -0.119. The van der Waals surface area contributed by atoms with Crippen LogP contribution in [0.5, 0.6) is 0 Å². The van der Waals surface area contributed by atoms with Crippen molar-refractivity contribution in [2.75, 3.05) is 0 Å². The van der Waals surface area contributed by atoms with Gasteiger partial charge in [0.05, 0.1) is 6.04 Å². The molecule has 2 aromatic carbocycles. The highest BCUT2D eigenvalue weighted by molar-refractivity contribution is 5.80. The fourth-order valence-corrected chi connectivity index (χ4v) is 2.22. The summed E-state index contributed by atoms with van der Waals surface area (Å²) in [7, 11) is 0. The molecule has 2 unspecified atom stereocenters. The van der Waals surface area contributed by atoms with Crippen LogP contribution in [0.25, 0.3) is 0 Å². The molecule has 3 nitrogen and oxygen atoms in total. The van der Waals surface area contributed by atoms with Crippen LogP contribution in [0.4, 0.5) is 0 Å². The predicted octanol–water partition coefficient (Wildman–Crippen LogP) is 1.83. The van der Waals surface area contributed by atoms with E-state index >= 15 is 0 Å². The first kappa shape index (κ1) is 13.3. The number of rotatable bonds is 5. The molecule has 0 heterocycles. The van der Waals surface area contributed by atoms with Crippen LogP contribution in [0.15, 0.2) is 60.7 Å². The molecule has 2 atom stereocenters. The largest absolute Gasteiger partial charge is 0.368 e. The third kappa shape index (κ3) is 3.42. The molecular weight excluding hydrogens is 236 g/mol. The van der Waals surface area contributed by atoms with Crippen molar-refractivity contribution in [3.05, 3.63) is 71.8 Å². The molecule has 3 heteroatoms. The summed E-state index contributed by atoms with van der Waals surface area (Å²) in [4.78, 5) is 11.4. The first-order valence-corrected chi connectivity index (χ1v) is 6.32. The molecule has 0 aliphatic heterocycles. The Kier molecular flexibility index (Phi) is 4.31. The van der Waals surface area contributed by atoms with Gasteiger partial charge in [-0.3, -0.25) is 4.79 Å². The fourth-order valence-electron chi connectivity index (χ4n) is 2.22. The number of amides is 1. The quantitative estimate of drug-likeness (QED) is 0.854. The number of nitrogens with two attached hydrogens (primary N) is 2. The summed E-state index contributed by atoms with van der Waals surface area (Å²) in [5.41, 5.74) is 13.5. The Morgan fingerprint density at radius 1 is 0.947 bits per heavy atom. The molecule has 98 valence electrons. The summed E-state index contributed by atoms with van der Waals surface area (Å²) in [6.07, 6.45) is 0.703. The molecular formula is C16H18N2O. The molecule has 0 saturated carbocycles. The molecule has 0 aromatic heterocycles. The van der Waals surface area contributed by atoms with Crippen LogP contribution in [0.3, 0.4) is 0 Å². The molecule has 2 aromatic rings. The SMILES string of the molecule is NC(=O)C(N)C(Cc1ccccc1)c1ccccc1. The summed E-state index contributed by atoms with van der Waals surface area (Å²) in [5, 5.41) is 0. The lowest BCUT2D eigenvalue weighted by Crippen LogP contribution is -2.42. The van der Waals surface area contributed by atoms with Crippen molar-refractivity contribution in [3.63, 3.8) is 0 Å². The molecule has 4 N–H and O–H groups in total. The van der Waals surface area contributed by atoms with Gasteiger partial charge in [0.1, 0.15) is 0 Å². The maximum absolute atomic E-state index is 11.4. The van der Waals surface area contributed by atoms with Gasteiger partial charge in [-0.2, -0.15) is 0 Å². The summed E-state index contributed by atoms with van der Waals surface area (Å²) in [6, 6.07) is 19.1. The molecule has 19 heavy (non-hydrogen) atoms. The van der Waals surface area contributed by atoms with Crippen molar-refractivity contribution in [2.45, 2.75) is 18.4 Å². The first-order valence-electron chi connectivity index (χ1n) is 6.32. The molecule has 1 amide bonds. The average Bonchev–Trinajstić information content (AvgIpc) is 2.46. The molecule has 0 aliphatic carbocycles. The topological polar surface area (TPSA) is 69.1 Å². The van der Waals surface area contributed by atoms with Crippen LogP contribution < -0.4 is 11.5 Å². The van der Waals surface area contributed by atoms with E-state index in [4.69, 9.17) is 11.5 Å². The van der Waals surface area contributed by atoms with E-state index in [1.54, 1.807) is 0 Å². The van der Waals surface area contributed by atoms with E-state index in [0.29, 0.717) is 6.42 Å². The Bertz CT molecular complexity index is 525. The van der Waals surface area contributed by atoms with Crippen LogP contribution in [0.2, 0.25) is 0 Å². The summed E-state index contributed by atoms with van der Waals surface area (Å²) >= 11 is 0. The average molecular weight is 254 g/mol.